The Morgan fingerprint density at radius 1 is 1.27 bits per heavy atom. The van der Waals surface area contributed by atoms with Crippen molar-refractivity contribution in [3.8, 4) is 5.75 Å². The molecule has 1 aliphatic rings. The molecule has 4 N–H and O–H groups in total. The van der Waals surface area contributed by atoms with Gasteiger partial charge in [-0.15, -0.1) is 0 Å². The second-order valence-electron chi connectivity index (χ2n) is 4.30. The van der Waals surface area contributed by atoms with Crippen molar-refractivity contribution < 1.29 is 10.2 Å². The summed E-state index contributed by atoms with van der Waals surface area (Å²) < 4.78 is 0. The average molecular weight is 207 g/mol. The van der Waals surface area contributed by atoms with Crippen molar-refractivity contribution in [2.45, 2.75) is 31.8 Å². The molecular weight excluding hydrogens is 190 g/mol. The lowest BCUT2D eigenvalue weighted by atomic mass is 9.93. The first-order valence-corrected chi connectivity index (χ1v) is 5.45. The molecule has 0 heterocycles. The van der Waals surface area contributed by atoms with Crippen LogP contribution in [0.2, 0.25) is 0 Å². The van der Waals surface area contributed by atoms with Crippen molar-refractivity contribution in [2.24, 2.45) is 5.92 Å². The Kier molecular flexibility index (Phi) is 2.82. The van der Waals surface area contributed by atoms with E-state index in [-0.39, 0.29) is 5.75 Å². The number of nitrogen functional groups attached to an aromatic ring is 1. The SMILES string of the molecule is Nc1cc(O)ccc1C(O)C1CCCC1. The Balaban J connectivity index is 2.20. The molecule has 1 saturated carbocycles. The summed E-state index contributed by atoms with van der Waals surface area (Å²) in [6.45, 7) is 0. The summed E-state index contributed by atoms with van der Waals surface area (Å²) in [4.78, 5) is 0. The van der Waals surface area contributed by atoms with Gasteiger partial charge < -0.3 is 15.9 Å². The third kappa shape index (κ3) is 2.07. The van der Waals surface area contributed by atoms with Gasteiger partial charge in [0.2, 0.25) is 0 Å². The van der Waals surface area contributed by atoms with E-state index in [1.165, 1.54) is 18.9 Å². The fraction of sp³-hybridized carbons (Fsp3) is 0.500. The highest BCUT2D eigenvalue weighted by atomic mass is 16.3. The monoisotopic (exact) mass is 207 g/mol. The highest BCUT2D eigenvalue weighted by molar-refractivity contribution is 5.52. The van der Waals surface area contributed by atoms with Gasteiger partial charge in [0.25, 0.3) is 0 Å². The summed E-state index contributed by atoms with van der Waals surface area (Å²) in [5.74, 6) is 0.478. The second-order valence-corrected chi connectivity index (χ2v) is 4.30. The van der Waals surface area contributed by atoms with E-state index >= 15 is 0 Å². The molecule has 1 fully saturated rings. The van der Waals surface area contributed by atoms with E-state index in [1.807, 2.05) is 0 Å². The minimum Gasteiger partial charge on any atom is -0.508 e. The second kappa shape index (κ2) is 4.11. The molecule has 0 bridgehead atoms. The van der Waals surface area contributed by atoms with E-state index in [0.29, 0.717) is 11.6 Å². The third-order valence-electron chi connectivity index (χ3n) is 3.24. The van der Waals surface area contributed by atoms with Crippen molar-refractivity contribution in [3.05, 3.63) is 23.8 Å². The Morgan fingerprint density at radius 3 is 2.53 bits per heavy atom. The van der Waals surface area contributed by atoms with Crippen LogP contribution in [0.3, 0.4) is 0 Å². The lowest BCUT2D eigenvalue weighted by Crippen LogP contribution is -2.10. The zero-order valence-electron chi connectivity index (χ0n) is 8.69. The van der Waals surface area contributed by atoms with Crippen LogP contribution in [0.25, 0.3) is 0 Å². The molecular formula is C12H17NO2. The van der Waals surface area contributed by atoms with Crippen molar-refractivity contribution >= 4 is 5.69 Å². The minimum atomic E-state index is -0.479. The topological polar surface area (TPSA) is 66.5 Å². The molecule has 0 amide bonds. The van der Waals surface area contributed by atoms with Gasteiger partial charge in [0, 0.05) is 17.3 Å². The molecule has 0 spiro atoms. The number of benzene rings is 1. The summed E-state index contributed by atoms with van der Waals surface area (Å²) >= 11 is 0. The van der Waals surface area contributed by atoms with Gasteiger partial charge in [-0.2, -0.15) is 0 Å². The Bertz CT molecular complexity index is 345. The fourth-order valence-electron chi connectivity index (χ4n) is 2.36. The highest BCUT2D eigenvalue weighted by Crippen LogP contribution is 2.38. The summed E-state index contributed by atoms with van der Waals surface area (Å²) in [5, 5.41) is 19.4. The first-order chi connectivity index (χ1) is 7.18. The van der Waals surface area contributed by atoms with Gasteiger partial charge in [-0.05, 0) is 24.8 Å². The fourth-order valence-corrected chi connectivity index (χ4v) is 2.36. The van der Waals surface area contributed by atoms with E-state index < -0.39 is 6.10 Å². The van der Waals surface area contributed by atoms with Crippen LogP contribution in [0.1, 0.15) is 37.4 Å². The van der Waals surface area contributed by atoms with Crippen LogP contribution in [0.4, 0.5) is 5.69 Å². The minimum absolute atomic E-state index is 0.148. The molecule has 82 valence electrons. The predicted molar refractivity (Wildman–Crippen MR) is 59.4 cm³/mol. The van der Waals surface area contributed by atoms with E-state index in [9.17, 15) is 10.2 Å². The van der Waals surface area contributed by atoms with Crippen molar-refractivity contribution in [1.82, 2.24) is 0 Å². The molecule has 3 heteroatoms. The number of phenols is 1. The van der Waals surface area contributed by atoms with Gasteiger partial charge in [0.05, 0.1) is 6.10 Å². The zero-order valence-corrected chi connectivity index (χ0v) is 8.69. The summed E-state index contributed by atoms with van der Waals surface area (Å²) in [6.07, 6.45) is 4.05. The molecule has 1 atom stereocenters. The molecule has 15 heavy (non-hydrogen) atoms. The molecule has 3 nitrogen and oxygen atoms in total. The normalized spacial score (nSPS) is 19.3. The maximum atomic E-state index is 10.1. The van der Waals surface area contributed by atoms with Gasteiger partial charge >= 0.3 is 0 Å². The highest BCUT2D eigenvalue weighted by Gasteiger charge is 2.25. The number of aliphatic hydroxyl groups excluding tert-OH is 1. The van der Waals surface area contributed by atoms with Crippen LogP contribution >= 0.6 is 0 Å². The summed E-state index contributed by atoms with van der Waals surface area (Å²) in [7, 11) is 0. The van der Waals surface area contributed by atoms with Gasteiger partial charge in [-0.3, -0.25) is 0 Å². The van der Waals surface area contributed by atoms with Crippen LogP contribution in [-0.4, -0.2) is 10.2 Å². The molecule has 1 aromatic carbocycles. The van der Waals surface area contributed by atoms with Gasteiger partial charge in [-0.1, -0.05) is 18.9 Å². The molecule has 2 rings (SSSR count). The third-order valence-corrected chi connectivity index (χ3v) is 3.24. The number of hydrogen-bond acceptors (Lipinski definition) is 3. The van der Waals surface area contributed by atoms with Crippen molar-refractivity contribution in [2.75, 3.05) is 5.73 Å². The van der Waals surface area contributed by atoms with Crippen LogP contribution in [0, 0.1) is 5.92 Å². The largest absolute Gasteiger partial charge is 0.508 e. The molecule has 0 aliphatic heterocycles. The Labute approximate surface area is 89.5 Å². The van der Waals surface area contributed by atoms with Crippen molar-refractivity contribution in [1.29, 1.82) is 0 Å². The number of hydrogen-bond donors (Lipinski definition) is 3. The molecule has 1 aromatic rings. The summed E-state index contributed by atoms with van der Waals surface area (Å²) in [6, 6.07) is 4.78. The first kappa shape index (κ1) is 10.3. The quantitative estimate of drug-likeness (QED) is 0.651. The van der Waals surface area contributed by atoms with Crippen molar-refractivity contribution in [3.63, 3.8) is 0 Å². The molecule has 1 aliphatic carbocycles. The number of phenolic OH excluding ortho intramolecular Hbond substituents is 1. The van der Waals surface area contributed by atoms with Crippen LogP contribution < -0.4 is 5.73 Å². The van der Waals surface area contributed by atoms with Gasteiger partial charge in [-0.25, -0.2) is 0 Å². The number of anilines is 1. The van der Waals surface area contributed by atoms with Crippen LogP contribution in [0.5, 0.6) is 5.75 Å². The first-order valence-electron chi connectivity index (χ1n) is 5.45. The number of aromatic hydroxyl groups is 1. The number of nitrogens with two attached hydrogens (primary N) is 1. The van der Waals surface area contributed by atoms with Crippen LogP contribution in [-0.2, 0) is 0 Å². The van der Waals surface area contributed by atoms with Gasteiger partial charge in [0.1, 0.15) is 5.75 Å². The maximum absolute atomic E-state index is 10.1. The van der Waals surface area contributed by atoms with E-state index in [0.717, 1.165) is 18.4 Å². The Morgan fingerprint density at radius 2 is 1.93 bits per heavy atom. The maximum Gasteiger partial charge on any atom is 0.117 e. The number of rotatable bonds is 2. The molecule has 0 saturated heterocycles. The standard InChI is InChI=1S/C12H17NO2/c13-11-7-9(14)5-6-10(11)12(15)8-3-1-2-4-8/h5-8,12,14-15H,1-4,13H2. The smallest absolute Gasteiger partial charge is 0.117 e. The van der Waals surface area contributed by atoms with E-state index in [1.54, 1.807) is 12.1 Å². The predicted octanol–water partition coefficient (Wildman–Crippen LogP) is 2.20. The molecule has 1 unspecified atom stereocenters. The summed E-state index contributed by atoms with van der Waals surface area (Å²) in [5.41, 5.74) is 7.00. The lowest BCUT2D eigenvalue weighted by molar-refractivity contribution is 0.112. The zero-order chi connectivity index (χ0) is 10.8. The van der Waals surface area contributed by atoms with Crippen LogP contribution in [0.15, 0.2) is 18.2 Å². The van der Waals surface area contributed by atoms with Gasteiger partial charge in [0.15, 0.2) is 0 Å². The van der Waals surface area contributed by atoms with E-state index in [4.69, 9.17) is 5.73 Å². The van der Waals surface area contributed by atoms with E-state index in [2.05, 4.69) is 0 Å². The number of aliphatic hydroxyl groups is 1. The average Bonchev–Trinajstić information content (AvgIpc) is 2.69. The Hall–Kier alpha value is -1.22. The molecule has 0 aromatic heterocycles. The molecule has 0 radical (unpaired) electrons. The lowest BCUT2D eigenvalue weighted by Gasteiger charge is -2.19.